The number of nitrogens with zero attached hydrogens (tertiary/aromatic N) is 4. The molecule has 198 valence electrons. The lowest BCUT2D eigenvalue weighted by atomic mass is 9.71. The maximum absolute atomic E-state index is 14.1. The number of carbonyl (C=O) groups is 1. The zero-order valence-corrected chi connectivity index (χ0v) is 20.3. The van der Waals surface area contributed by atoms with Crippen molar-refractivity contribution in [1.82, 2.24) is 19.9 Å². The third-order valence-electron chi connectivity index (χ3n) is 6.50. The van der Waals surface area contributed by atoms with Crippen LogP contribution >= 0.6 is 0 Å². The predicted octanol–water partition coefficient (Wildman–Crippen LogP) is 4.76. The summed E-state index contributed by atoms with van der Waals surface area (Å²) in [5.74, 6) is -0.934. The summed E-state index contributed by atoms with van der Waals surface area (Å²) in [6.45, 7) is -0.286. The summed E-state index contributed by atoms with van der Waals surface area (Å²) in [6.07, 6.45) is -3.66. The largest absolute Gasteiger partial charge is 0.434 e. The molecule has 1 atom stereocenters. The van der Waals surface area contributed by atoms with Gasteiger partial charge in [0.1, 0.15) is 5.41 Å². The van der Waals surface area contributed by atoms with Gasteiger partial charge in [0, 0.05) is 12.2 Å². The van der Waals surface area contributed by atoms with E-state index in [9.17, 15) is 23.1 Å². The predicted molar refractivity (Wildman–Crippen MR) is 135 cm³/mol. The first kappa shape index (κ1) is 25.9. The van der Waals surface area contributed by atoms with E-state index in [4.69, 9.17) is 10.3 Å². The Hall–Kier alpha value is -4.77. The molecule has 2 aromatic heterocycles. The van der Waals surface area contributed by atoms with Crippen LogP contribution in [-0.4, -0.2) is 37.5 Å². The average Bonchev–Trinajstić information content (AvgIpc) is 3.61. The number of aliphatic hydroxyl groups excluding tert-OH is 1. The van der Waals surface area contributed by atoms with Crippen molar-refractivity contribution in [3.05, 3.63) is 108 Å². The molecule has 2 heterocycles. The van der Waals surface area contributed by atoms with Crippen molar-refractivity contribution >= 4 is 5.91 Å². The van der Waals surface area contributed by atoms with E-state index < -0.39 is 23.2 Å². The second-order valence-electron chi connectivity index (χ2n) is 8.76. The highest BCUT2D eigenvalue weighted by Crippen LogP contribution is 2.39. The molecule has 0 bridgehead atoms. The summed E-state index contributed by atoms with van der Waals surface area (Å²) in [5.41, 5.74) is 4.97. The molecule has 5 rings (SSSR count). The fraction of sp³-hybridized carbons (Fsp3) is 0.143. The van der Waals surface area contributed by atoms with E-state index in [0.717, 1.165) is 10.9 Å². The van der Waals surface area contributed by atoms with Crippen LogP contribution in [0.1, 0.15) is 23.2 Å². The normalized spacial score (nSPS) is 13.2. The van der Waals surface area contributed by atoms with Crippen molar-refractivity contribution in [2.45, 2.75) is 18.0 Å². The number of aliphatic hydroxyl groups is 1. The van der Waals surface area contributed by atoms with E-state index in [2.05, 4.69) is 15.2 Å². The molecule has 0 spiro atoms. The van der Waals surface area contributed by atoms with Gasteiger partial charge < -0.3 is 15.4 Å². The minimum absolute atomic E-state index is 0.0451. The summed E-state index contributed by atoms with van der Waals surface area (Å²) in [4.78, 5) is 16.9. The second kappa shape index (κ2) is 10.2. The van der Waals surface area contributed by atoms with Gasteiger partial charge in [-0.25, -0.2) is 4.68 Å². The zero-order chi connectivity index (χ0) is 27.6. The quantitative estimate of drug-likeness (QED) is 0.297. The van der Waals surface area contributed by atoms with Gasteiger partial charge in [-0.3, -0.25) is 4.79 Å². The van der Waals surface area contributed by atoms with Gasteiger partial charge in [0.05, 0.1) is 17.4 Å². The van der Waals surface area contributed by atoms with Gasteiger partial charge in [-0.05, 0) is 29.7 Å². The lowest BCUT2D eigenvalue weighted by molar-refractivity contribution is -0.142. The maximum Gasteiger partial charge on any atom is 0.434 e. The van der Waals surface area contributed by atoms with Crippen molar-refractivity contribution in [3.63, 3.8) is 0 Å². The van der Waals surface area contributed by atoms with E-state index in [1.807, 2.05) is 0 Å². The van der Waals surface area contributed by atoms with E-state index in [1.54, 1.807) is 72.8 Å². The highest BCUT2D eigenvalue weighted by atomic mass is 19.4. The second-order valence-corrected chi connectivity index (χ2v) is 8.76. The molecule has 0 saturated carbocycles. The maximum atomic E-state index is 14.1. The summed E-state index contributed by atoms with van der Waals surface area (Å²) in [7, 11) is 0. The molecule has 39 heavy (non-hydrogen) atoms. The van der Waals surface area contributed by atoms with Crippen molar-refractivity contribution < 1.29 is 27.6 Å². The van der Waals surface area contributed by atoms with Gasteiger partial charge in [-0.2, -0.15) is 23.3 Å². The van der Waals surface area contributed by atoms with Gasteiger partial charge in [-0.15, -0.1) is 0 Å². The highest BCUT2D eigenvalue weighted by molar-refractivity contribution is 5.91. The van der Waals surface area contributed by atoms with Crippen molar-refractivity contribution in [2.75, 3.05) is 6.61 Å². The van der Waals surface area contributed by atoms with Crippen LogP contribution in [0.2, 0.25) is 0 Å². The summed E-state index contributed by atoms with van der Waals surface area (Å²) < 4.78 is 48.2. The minimum Gasteiger partial charge on any atom is -0.396 e. The van der Waals surface area contributed by atoms with Crippen LogP contribution in [0.15, 0.2) is 95.6 Å². The van der Waals surface area contributed by atoms with Gasteiger partial charge in [0.25, 0.3) is 5.89 Å². The first-order valence-corrected chi connectivity index (χ1v) is 11.9. The SMILES string of the molecule is NC(=O)C(CCO)(c1ccccc1)c1ccc(-c2noc(-c3cnn(-c4ccccc4)c3C(F)(F)F)n2)cc1. The Bertz CT molecular complexity index is 1580. The summed E-state index contributed by atoms with van der Waals surface area (Å²) >= 11 is 0. The van der Waals surface area contributed by atoms with Gasteiger partial charge >= 0.3 is 6.18 Å². The number of carbonyl (C=O) groups excluding carboxylic acids is 1. The lowest BCUT2D eigenvalue weighted by Crippen LogP contribution is -2.43. The molecular formula is C28H22F3N5O3. The molecule has 0 aliphatic carbocycles. The molecule has 1 unspecified atom stereocenters. The molecule has 3 aromatic carbocycles. The van der Waals surface area contributed by atoms with Crippen molar-refractivity contribution in [2.24, 2.45) is 5.73 Å². The molecule has 3 N–H and O–H groups in total. The number of benzene rings is 3. The number of hydrogen-bond donors (Lipinski definition) is 2. The molecule has 0 fully saturated rings. The Morgan fingerprint density at radius 2 is 1.54 bits per heavy atom. The molecule has 0 aliphatic rings. The molecule has 0 aliphatic heterocycles. The van der Waals surface area contributed by atoms with Crippen LogP contribution < -0.4 is 5.73 Å². The third kappa shape index (κ3) is 4.68. The molecule has 5 aromatic rings. The number of amides is 1. The van der Waals surface area contributed by atoms with E-state index >= 15 is 0 Å². The Morgan fingerprint density at radius 3 is 2.13 bits per heavy atom. The number of alkyl halides is 3. The van der Waals surface area contributed by atoms with E-state index in [1.165, 1.54) is 12.1 Å². The van der Waals surface area contributed by atoms with Crippen LogP contribution in [0, 0.1) is 0 Å². The molecule has 8 nitrogen and oxygen atoms in total. The van der Waals surface area contributed by atoms with Crippen LogP contribution in [0.3, 0.4) is 0 Å². The Labute approximate surface area is 220 Å². The van der Waals surface area contributed by atoms with Gasteiger partial charge in [0.2, 0.25) is 11.7 Å². The Morgan fingerprint density at radius 1 is 0.923 bits per heavy atom. The zero-order valence-electron chi connectivity index (χ0n) is 20.3. The van der Waals surface area contributed by atoms with E-state index in [0.29, 0.717) is 16.7 Å². The first-order valence-electron chi connectivity index (χ1n) is 11.9. The first-order chi connectivity index (χ1) is 18.8. The topological polar surface area (TPSA) is 120 Å². The highest BCUT2D eigenvalue weighted by Gasteiger charge is 2.41. The number of primary amides is 1. The summed E-state index contributed by atoms with van der Waals surface area (Å²) in [5, 5.41) is 17.5. The number of rotatable bonds is 8. The Kier molecular flexibility index (Phi) is 6.75. The lowest BCUT2D eigenvalue weighted by Gasteiger charge is -2.31. The average molecular weight is 534 g/mol. The molecule has 1 amide bonds. The van der Waals surface area contributed by atoms with Crippen LogP contribution in [-0.2, 0) is 16.4 Å². The van der Waals surface area contributed by atoms with Crippen LogP contribution in [0.5, 0.6) is 0 Å². The van der Waals surface area contributed by atoms with Gasteiger partial charge in [0.15, 0.2) is 5.69 Å². The number of halogens is 3. The number of para-hydroxylation sites is 1. The van der Waals surface area contributed by atoms with Crippen molar-refractivity contribution in [1.29, 1.82) is 0 Å². The van der Waals surface area contributed by atoms with Crippen molar-refractivity contribution in [3.8, 4) is 28.5 Å². The monoisotopic (exact) mass is 533 g/mol. The van der Waals surface area contributed by atoms with E-state index in [-0.39, 0.29) is 36.0 Å². The van der Waals surface area contributed by atoms with Gasteiger partial charge in [-0.1, -0.05) is 78.0 Å². The fourth-order valence-corrected chi connectivity index (χ4v) is 4.65. The molecule has 0 saturated heterocycles. The summed E-state index contributed by atoms with van der Waals surface area (Å²) in [6, 6.07) is 23.3. The molecular weight excluding hydrogens is 511 g/mol. The number of nitrogens with two attached hydrogens (primary N) is 1. The minimum atomic E-state index is -4.75. The molecule has 11 heteroatoms. The fourth-order valence-electron chi connectivity index (χ4n) is 4.65. The van der Waals surface area contributed by atoms with Crippen LogP contribution in [0.25, 0.3) is 28.5 Å². The standard InChI is InChI=1S/C28H22F3N5O3/c29-28(30,31)23-22(17-33-36(23)21-9-5-2-6-10-21)25-34-24(35-39-25)18-11-13-20(14-12-18)27(15-16-37,26(32)38)19-7-3-1-4-8-19/h1-14,17,37H,15-16H2,(H2,32,38). The third-order valence-corrected chi connectivity index (χ3v) is 6.50. The Balaban J connectivity index is 1.52. The van der Waals surface area contributed by atoms with Crippen LogP contribution in [0.4, 0.5) is 13.2 Å². The number of hydrogen-bond acceptors (Lipinski definition) is 6. The smallest absolute Gasteiger partial charge is 0.396 e. The number of aromatic nitrogens is 4. The molecule has 0 radical (unpaired) electrons.